The molecule has 102 valence electrons. The van der Waals surface area contributed by atoms with Crippen molar-refractivity contribution in [3.63, 3.8) is 0 Å². The first-order valence-electron chi connectivity index (χ1n) is 6.26. The topological polar surface area (TPSA) is 64.1 Å². The molecule has 20 heavy (non-hydrogen) atoms. The molecule has 4 nitrogen and oxygen atoms in total. The number of rotatable bonds is 2. The van der Waals surface area contributed by atoms with Crippen molar-refractivity contribution in [1.82, 2.24) is 9.55 Å². The van der Waals surface area contributed by atoms with Crippen LogP contribution in [0.15, 0.2) is 35.7 Å². The van der Waals surface area contributed by atoms with Gasteiger partial charge in [-0.1, -0.05) is 0 Å². The number of anilines is 1. The molecule has 0 bridgehead atoms. The van der Waals surface area contributed by atoms with Crippen molar-refractivity contribution in [1.29, 1.82) is 0 Å². The number of nitrogens with zero attached hydrogens (tertiary/aromatic N) is 2. The fourth-order valence-electron chi connectivity index (χ4n) is 2.43. The van der Waals surface area contributed by atoms with E-state index in [0.717, 1.165) is 28.3 Å². The van der Waals surface area contributed by atoms with Gasteiger partial charge in [-0.25, -0.2) is 4.98 Å². The zero-order valence-electron chi connectivity index (χ0n) is 11.3. The van der Waals surface area contributed by atoms with Crippen LogP contribution in [0.4, 0.5) is 5.13 Å². The minimum Gasteiger partial charge on any atom is -0.508 e. The second-order valence-corrected chi connectivity index (χ2v) is 5.60. The first-order valence-corrected chi connectivity index (χ1v) is 7.14. The summed E-state index contributed by atoms with van der Waals surface area (Å²) in [6.45, 7) is 4.11. The lowest BCUT2D eigenvalue weighted by Gasteiger charge is -2.09. The van der Waals surface area contributed by atoms with E-state index in [1.807, 2.05) is 17.5 Å². The second-order valence-electron chi connectivity index (χ2n) is 4.71. The first-order chi connectivity index (χ1) is 9.56. The molecule has 0 radical (unpaired) electrons. The van der Waals surface area contributed by atoms with Crippen LogP contribution >= 0.6 is 11.3 Å². The molecule has 2 aromatic heterocycles. The van der Waals surface area contributed by atoms with Gasteiger partial charge in [0.2, 0.25) is 0 Å². The van der Waals surface area contributed by atoms with Crippen LogP contribution in [-0.2, 0) is 0 Å². The molecule has 0 spiro atoms. The number of hydrogen-bond acceptors (Lipinski definition) is 4. The number of nitrogens with two attached hydrogens (primary N) is 1. The van der Waals surface area contributed by atoms with Gasteiger partial charge >= 0.3 is 0 Å². The van der Waals surface area contributed by atoms with Crippen LogP contribution in [0, 0.1) is 13.8 Å². The van der Waals surface area contributed by atoms with Crippen molar-refractivity contribution in [2.45, 2.75) is 13.8 Å². The van der Waals surface area contributed by atoms with Gasteiger partial charge in [-0.05, 0) is 44.2 Å². The van der Waals surface area contributed by atoms with E-state index in [1.165, 1.54) is 11.3 Å². The second kappa shape index (κ2) is 4.68. The number of benzene rings is 1. The van der Waals surface area contributed by atoms with Gasteiger partial charge in [-0.15, -0.1) is 11.3 Å². The molecule has 0 aliphatic rings. The lowest BCUT2D eigenvalue weighted by atomic mass is 10.2. The molecule has 2 heterocycles. The number of thiazole rings is 1. The van der Waals surface area contributed by atoms with Crippen molar-refractivity contribution in [3.8, 4) is 22.7 Å². The lowest BCUT2D eigenvalue weighted by Crippen LogP contribution is -1.98. The predicted octanol–water partition coefficient (Wildman–Crippen LogP) is 3.51. The van der Waals surface area contributed by atoms with E-state index in [4.69, 9.17) is 5.73 Å². The summed E-state index contributed by atoms with van der Waals surface area (Å²) in [5.74, 6) is 0.267. The van der Waals surface area contributed by atoms with Crippen molar-refractivity contribution in [2.75, 3.05) is 5.73 Å². The van der Waals surface area contributed by atoms with E-state index in [1.54, 1.807) is 12.1 Å². The molecule has 0 aliphatic carbocycles. The predicted molar refractivity (Wildman–Crippen MR) is 82.4 cm³/mol. The summed E-state index contributed by atoms with van der Waals surface area (Å²) in [6.07, 6.45) is 0. The molecule has 0 unspecified atom stereocenters. The van der Waals surface area contributed by atoms with E-state index < -0.39 is 0 Å². The van der Waals surface area contributed by atoms with Gasteiger partial charge in [-0.2, -0.15) is 0 Å². The van der Waals surface area contributed by atoms with Gasteiger partial charge in [0.1, 0.15) is 5.75 Å². The number of aromatic hydroxyl groups is 1. The van der Waals surface area contributed by atoms with Crippen LogP contribution < -0.4 is 5.73 Å². The summed E-state index contributed by atoms with van der Waals surface area (Å²) >= 11 is 1.45. The summed E-state index contributed by atoms with van der Waals surface area (Å²) in [4.78, 5) is 4.35. The Morgan fingerprint density at radius 2 is 1.90 bits per heavy atom. The molecule has 0 saturated heterocycles. The largest absolute Gasteiger partial charge is 0.508 e. The first kappa shape index (κ1) is 12.7. The van der Waals surface area contributed by atoms with E-state index >= 15 is 0 Å². The van der Waals surface area contributed by atoms with Crippen LogP contribution in [0.3, 0.4) is 0 Å². The summed E-state index contributed by atoms with van der Waals surface area (Å²) in [7, 11) is 0. The van der Waals surface area contributed by atoms with Crippen LogP contribution in [0.2, 0.25) is 0 Å². The highest BCUT2D eigenvalue weighted by atomic mass is 32.1. The summed E-state index contributed by atoms with van der Waals surface area (Å²) in [5, 5.41) is 11.9. The Hall–Kier alpha value is -2.27. The molecule has 5 heteroatoms. The van der Waals surface area contributed by atoms with Crippen molar-refractivity contribution >= 4 is 16.5 Å². The summed E-state index contributed by atoms with van der Waals surface area (Å²) in [6, 6.07) is 9.28. The normalized spacial score (nSPS) is 10.9. The molecule has 0 amide bonds. The average Bonchev–Trinajstić information content (AvgIpc) is 2.95. The Morgan fingerprint density at radius 3 is 2.50 bits per heavy atom. The molecule has 0 atom stereocenters. The maximum Gasteiger partial charge on any atom is 0.180 e. The Balaban J connectivity index is 2.14. The molecule has 0 saturated carbocycles. The SMILES string of the molecule is Cc1cc(-c2csc(N)n2)c(C)n1-c1ccc(O)cc1. The number of aryl methyl sites for hydroxylation is 1. The third kappa shape index (κ3) is 2.06. The van der Waals surface area contributed by atoms with E-state index in [0.29, 0.717) is 5.13 Å². The molecular formula is C15H15N3OS. The molecule has 1 aromatic carbocycles. The summed E-state index contributed by atoms with van der Waals surface area (Å²) in [5.41, 5.74) is 11.0. The summed E-state index contributed by atoms with van der Waals surface area (Å²) < 4.78 is 2.14. The fraction of sp³-hybridized carbons (Fsp3) is 0.133. The standard InChI is InChI=1S/C15H15N3OS/c1-9-7-13(14-8-20-15(16)17-14)10(2)18(9)11-3-5-12(19)6-4-11/h3-8,19H,1-2H3,(H2,16,17). The van der Waals surface area contributed by atoms with E-state index in [-0.39, 0.29) is 5.75 Å². The zero-order chi connectivity index (χ0) is 14.3. The van der Waals surface area contributed by atoms with Gasteiger partial charge in [0.25, 0.3) is 0 Å². The monoisotopic (exact) mass is 285 g/mol. The minimum absolute atomic E-state index is 0.267. The molecule has 0 aliphatic heterocycles. The molecule has 3 rings (SSSR count). The smallest absolute Gasteiger partial charge is 0.180 e. The average molecular weight is 285 g/mol. The third-order valence-corrected chi connectivity index (χ3v) is 4.01. The van der Waals surface area contributed by atoms with Gasteiger partial charge in [0.05, 0.1) is 5.69 Å². The highest BCUT2D eigenvalue weighted by Gasteiger charge is 2.14. The molecule has 3 aromatic rings. The maximum atomic E-state index is 9.40. The Morgan fingerprint density at radius 1 is 1.20 bits per heavy atom. The van der Waals surface area contributed by atoms with Crippen LogP contribution in [0.25, 0.3) is 16.9 Å². The Kier molecular flexibility index (Phi) is 2.99. The van der Waals surface area contributed by atoms with Crippen LogP contribution in [0.5, 0.6) is 5.75 Å². The van der Waals surface area contributed by atoms with Crippen LogP contribution in [0.1, 0.15) is 11.4 Å². The van der Waals surface area contributed by atoms with Gasteiger partial charge < -0.3 is 15.4 Å². The van der Waals surface area contributed by atoms with Crippen LogP contribution in [-0.4, -0.2) is 14.7 Å². The third-order valence-electron chi connectivity index (χ3n) is 3.34. The van der Waals surface area contributed by atoms with Gasteiger partial charge in [-0.3, -0.25) is 0 Å². The van der Waals surface area contributed by atoms with Crippen molar-refractivity contribution in [2.24, 2.45) is 0 Å². The van der Waals surface area contributed by atoms with Gasteiger partial charge in [0.15, 0.2) is 5.13 Å². The zero-order valence-corrected chi connectivity index (χ0v) is 12.1. The number of phenols is 1. The number of nitrogen functional groups attached to an aromatic ring is 1. The highest BCUT2D eigenvalue weighted by Crippen LogP contribution is 2.31. The molecule has 0 fully saturated rings. The molecule has 3 N–H and O–H groups in total. The number of hydrogen-bond donors (Lipinski definition) is 2. The quantitative estimate of drug-likeness (QED) is 0.757. The Labute approximate surface area is 121 Å². The van der Waals surface area contributed by atoms with Crippen molar-refractivity contribution < 1.29 is 5.11 Å². The van der Waals surface area contributed by atoms with Crippen molar-refractivity contribution in [3.05, 3.63) is 47.1 Å². The van der Waals surface area contributed by atoms with E-state index in [9.17, 15) is 5.11 Å². The minimum atomic E-state index is 0.267. The number of phenolic OH excluding ortho intramolecular Hbond substituents is 1. The highest BCUT2D eigenvalue weighted by molar-refractivity contribution is 7.13. The maximum absolute atomic E-state index is 9.40. The Bertz CT molecular complexity index is 756. The molecular weight excluding hydrogens is 270 g/mol. The lowest BCUT2D eigenvalue weighted by molar-refractivity contribution is 0.475. The van der Waals surface area contributed by atoms with E-state index in [2.05, 4.69) is 29.5 Å². The fourth-order valence-corrected chi connectivity index (χ4v) is 3.00. The number of aromatic nitrogens is 2. The van der Waals surface area contributed by atoms with Gasteiger partial charge in [0, 0.05) is 28.0 Å².